The summed E-state index contributed by atoms with van der Waals surface area (Å²) in [4.78, 5) is 12.5. The molecule has 0 spiro atoms. The van der Waals surface area contributed by atoms with Gasteiger partial charge in [0.15, 0.2) is 0 Å². The second-order valence-electron chi connectivity index (χ2n) is 5.01. The molecule has 24 heavy (non-hydrogen) atoms. The van der Waals surface area contributed by atoms with Crippen LogP contribution in [-0.2, 0) is 10.0 Å². The first-order valence-corrected chi connectivity index (χ1v) is 8.83. The minimum absolute atomic E-state index is 0.0358. The van der Waals surface area contributed by atoms with Crippen molar-refractivity contribution in [2.24, 2.45) is 0 Å². The number of carbonyl (C=O) groups is 1. The van der Waals surface area contributed by atoms with Crippen molar-refractivity contribution in [3.05, 3.63) is 52.5 Å². The van der Waals surface area contributed by atoms with Gasteiger partial charge in [-0.2, -0.15) is 0 Å². The summed E-state index contributed by atoms with van der Waals surface area (Å²) in [5.41, 5.74) is 1.45. The van der Waals surface area contributed by atoms with Crippen LogP contribution in [0.2, 0.25) is 5.02 Å². The topological polar surface area (TPSA) is 84.5 Å². The van der Waals surface area contributed by atoms with Crippen LogP contribution in [0.15, 0.2) is 41.3 Å². The zero-order valence-electron chi connectivity index (χ0n) is 13.4. The zero-order valence-corrected chi connectivity index (χ0v) is 15.0. The molecule has 0 aliphatic rings. The van der Waals surface area contributed by atoms with Crippen molar-refractivity contribution in [2.45, 2.75) is 11.8 Å². The number of carbonyl (C=O) groups excluding carboxylic acids is 1. The number of nitrogens with one attached hydrogen (secondary N) is 2. The van der Waals surface area contributed by atoms with Gasteiger partial charge in [0.1, 0.15) is 5.75 Å². The number of hydrogen-bond acceptors (Lipinski definition) is 4. The molecule has 0 saturated heterocycles. The van der Waals surface area contributed by atoms with Crippen molar-refractivity contribution in [1.29, 1.82) is 0 Å². The molecule has 0 bridgehead atoms. The number of rotatable bonds is 5. The minimum Gasteiger partial charge on any atom is -0.496 e. The molecule has 6 nitrogen and oxygen atoms in total. The third kappa shape index (κ3) is 3.87. The van der Waals surface area contributed by atoms with Crippen LogP contribution in [0, 0.1) is 6.92 Å². The Labute approximate surface area is 145 Å². The molecule has 0 unspecified atom stereocenters. The lowest BCUT2D eigenvalue weighted by molar-refractivity contribution is 0.102. The number of halogens is 1. The average molecular weight is 369 g/mol. The van der Waals surface area contributed by atoms with E-state index in [1.165, 1.54) is 32.4 Å². The van der Waals surface area contributed by atoms with Crippen LogP contribution in [0.4, 0.5) is 5.69 Å². The van der Waals surface area contributed by atoms with E-state index in [4.69, 9.17) is 16.3 Å². The Bertz CT molecular complexity index is 882. The predicted octanol–water partition coefficient (Wildman–Crippen LogP) is 2.82. The Kier molecular flexibility index (Phi) is 5.48. The van der Waals surface area contributed by atoms with E-state index in [2.05, 4.69) is 10.0 Å². The molecule has 2 aromatic carbocycles. The number of aryl methyl sites for hydroxylation is 1. The summed E-state index contributed by atoms with van der Waals surface area (Å²) >= 11 is 6.08. The summed E-state index contributed by atoms with van der Waals surface area (Å²) in [7, 11) is -0.980. The number of hydrogen-bond donors (Lipinski definition) is 2. The van der Waals surface area contributed by atoms with Crippen molar-refractivity contribution >= 4 is 33.2 Å². The van der Waals surface area contributed by atoms with E-state index < -0.39 is 15.9 Å². The molecule has 0 aliphatic heterocycles. The molecule has 2 aromatic rings. The van der Waals surface area contributed by atoms with Gasteiger partial charge in [-0.05, 0) is 49.9 Å². The van der Waals surface area contributed by atoms with E-state index >= 15 is 0 Å². The number of methoxy groups -OCH3 is 1. The molecule has 128 valence electrons. The Morgan fingerprint density at radius 3 is 2.50 bits per heavy atom. The zero-order chi connectivity index (χ0) is 17.9. The maximum absolute atomic E-state index is 12.6. The fraction of sp³-hybridized carbons (Fsp3) is 0.188. The smallest absolute Gasteiger partial charge is 0.259 e. The van der Waals surface area contributed by atoms with Gasteiger partial charge in [0.05, 0.1) is 28.3 Å². The molecule has 2 rings (SSSR count). The second kappa shape index (κ2) is 7.21. The fourth-order valence-electron chi connectivity index (χ4n) is 2.07. The van der Waals surface area contributed by atoms with Gasteiger partial charge in [0.25, 0.3) is 5.91 Å². The van der Waals surface area contributed by atoms with Crippen LogP contribution < -0.4 is 14.8 Å². The fourth-order valence-corrected chi connectivity index (χ4v) is 2.99. The van der Waals surface area contributed by atoms with E-state index in [1.54, 1.807) is 12.1 Å². The Hall–Kier alpha value is -2.09. The largest absolute Gasteiger partial charge is 0.496 e. The first kappa shape index (κ1) is 18.3. The average Bonchev–Trinajstić information content (AvgIpc) is 2.57. The first-order valence-electron chi connectivity index (χ1n) is 6.97. The maximum atomic E-state index is 12.6. The normalized spacial score (nSPS) is 11.2. The van der Waals surface area contributed by atoms with E-state index in [0.29, 0.717) is 10.7 Å². The van der Waals surface area contributed by atoms with Gasteiger partial charge in [0.2, 0.25) is 10.0 Å². The van der Waals surface area contributed by atoms with Crippen LogP contribution in [0.25, 0.3) is 0 Å². The van der Waals surface area contributed by atoms with Gasteiger partial charge < -0.3 is 10.1 Å². The molecule has 1 amide bonds. The standard InChI is InChI=1S/C16H17ClN2O4S/c1-10-4-6-13(17)14(8-10)19-16(20)12-9-11(24(21,22)18-2)5-7-15(12)23-3/h4-9,18H,1-3H3,(H,19,20). The number of benzene rings is 2. The molecular formula is C16H17ClN2O4S. The van der Waals surface area contributed by atoms with Gasteiger partial charge in [0, 0.05) is 0 Å². The van der Waals surface area contributed by atoms with Crippen molar-refractivity contribution in [3.8, 4) is 5.75 Å². The summed E-state index contributed by atoms with van der Waals surface area (Å²) in [5, 5.41) is 3.05. The second-order valence-corrected chi connectivity index (χ2v) is 7.30. The summed E-state index contributed by atoms with van der Waals surface area (Å²) in [6.07, 6.45) is 0. The Morgan fingerprint density at radius 1 is 1.17 bits per heavy atom. The Balaban J connectivity index is 2.44. The van der Waals surface area contributed by atoms with Crippen LogP contribution in [0.3, 0.4) is 0 Å². The Morgan fingerprint density at radius 2 is 1.88 bits per heavy atom. The molecule has 0 saturated carbocycles. The van der Waals surface area contributed by atoms with Gasteiger partial charge in [-0.1, -0.05) is 17.7 Å². The number of ether oxygens (including phenoxy) is 1. The molecule has 0 aromatic heterocycles. The van der Waals surface area contributed by atoms with Crippen LogP contribution in [0.5, 0.6) is 5.75 Å². The third-order valence-electron chi connectivity index (χ3n) is 3.36. The number of anilines is 1. The summed E-state index contributed by atoms with van der Waals surface area (Å²) < 4.78 is 31.2. The molecular weight excluding hydrogens is 352 g/mol. The third-order valence-corrected chi connectivity index (χ3v) is 5.11. The van der Waals surface area contributed by atoms with Gasteiger partial charge >= 0.3 is 0 Å². The maximum Gasteiger partial charge on any atom is 0.259 e. The molecule has 2 N–H and O–H groups in total. The minimum atomic E-state index is -3.68. The van der Waals surface area contributed by atoms with E-state index in [0.717, 1.165) is 5.56 Å². The molecule has 0 aliphatic carbocycles. The van der Waals surface area contributed by atoms with Crippen molar-refractivity contribution in [2.75, 3.05) is 19.5 Å². The highest BCUT2D eigenvalue weighted by atomic mass is 35.5. The first-order chi connectivity index (χ1) is 11.3. The lowest BCUT2D eigenvalue weighted by atomic mass is 10.1. The molecule has 0 fully saturated rings. The van der Waals surface area contributed by atoms with Gasteiger partial charge in [-0.3, -0.25) is 4.79 Å². The number of sulfonamides is 1. The molecule has 0 atom stereocenters. The summed E-state index contributed by atoms with van der Waals surface area (Å²) in [6.45, 7) is 1.87. The van der Waals surface area contributed by atoms with Crippen LogP contribution in [-0.4, -0.2) is 28.5 Å². The lowest BCUT2D eigenvalue weighted by Crippen LogP contribution is -2.20. The van der Waals surface area contributed by atoms with Gasteiger partial charge in [-0.15, -0.1) is 0 Å². The molecule has 0 heterocycles. The SMILES string of the molecule is CNS(=O)(=O)c1ccc(OC)c(C(=O)Nc2cc(C)ccc2Cl)c1. The van der Waals surface area contributed by atoms with Crippen molar-refractivity contribution in [3.63, 3.8) is 0 Å². The highest BCUT2D eigenvalue weighted by molar-refractivity contribution is 7.89. The van der Waals surface area contributed by atoms with Crippen LogP contribution >= 0.6 is 11.6 Å². The quantitative estimate of drug-likeness (QED) is 0.849. The molecule has 0 radical (unpaired) electrons. The predicted molar refractivity (Wildman–Crippen MR) is 93.4 cm³/mol. The van der Waals surface area contributed by atoms with E-state index in [1.807, 2.05) is 13.0 Å². The van der Waals surface area contributed by atoms with Crippen LogP contribution in [0.1, 0.15) is 15.9 Å². The molecule has 8 heteroatoms. The van der Waals surface area contributed by atoms with E-state index in [-0.39, 0.29) is 16.2 Å². The van der Waals surface area contributed by atoms with Crippen molar-refractivity contribution < 1.29 is 17.9 Å². The summed E-state index contributed by atoms with van der Waals surface area (Å²) in [5.74, 6) is -0.265. The van der Waals surface area contributed by atoms with E-state index in [9.17, 15) is 13.2 Å². The van der Waals surface area contributed by atoms with Crippen molar-refractivity contribution in [1.82, 2.24) is 4.72 Å². The lowest BCUT2D eigenvalue weighted by Gasteiger charge is -2.12. The van der Waals surface area contributed by atoms with Gasteiger partial charge in [-0.25, -0.2) is 13.1 Å². The highest BCUT2D eigenvalue weighted by Crippen LogP contribution is 2.27. The highest BCUT2D eigenvalue weighted by Gasteiger charge is 2.19. The number of amides is 1. The monoisotopic (exact) mass is 368 g/mol. The summed E-state index contributed by atoms with van der Waals surface area (Å²) in [6, 6.07) is 9.26.